The minimum absolute atomic E-state index is 0.179. The minimum atomic E-state index is -1.15. The highest BCUT2D eigenvalue weighted by atomic mass is 35.5. The van der Waals surface area contributed by atoms with Gasteiger partial charge in [0.15, 0.2) is 0 Å². The topological polar surface area (TPSA) is 131 Å². The lowest BCUT2D eigenvalue weighted by atomic mass is 9.65. The second kappa shape index (κ2) is 12.9. The van der Waals surface area contributed by atoms with Crippen LogP contribution in [0.15, 0.2) is 42.5 Å². The Hall–Kier alpha value is -3.30. The van der Waals surface area contributed by atoms with Crippen LogP contribution in [0.3, 0.4) is 0 Å². The largest absolute Gasteiger partial charge is 0.489 e. The van der Waals surface area contributed by atoms with Gasteiger partial charge in [-0.05, 0) is 48.1 Å². The van der Waals surface area contributed by atoms with Crippen LogP contribution >= 0.6 is 23.2 Å². The van der Waals surface area contributed by atoms with E-state index in [-0.39, 0.29) is 18.9 Å². The van der Waals surface area contributed by atoms with Crippen molar-refractivity contribution >= 4 is 47.0 Å². The predicted octanol–water partition coefficient (Wildman–Crippen LogP) is 4.42. The third kappa shape index (κ3) is 6.88. The van der Waals surface area contributed by atoms with E-state index in [0.717, 1.165) is 5.56 Å². The van der Waals surface area contributed by atoms with Crippen molar-refractivity contribution in [3.8, 4) is 5.75 Å². The molecular weight excluding hydrogens is 559 g/mol. The Morgan fingerprint density at radius 2 is 1.68 bits per heavy atom. The van der Waals surface area contributed by atoms with Gasteiger partial charge in [0, 0.05) is 27.9 Å². The van der Waals surface area contributed by atoms with E-state index in [4.69, 9.17) is 37.8 Å². The molecule has 0 heterocycles. The molecular formula is C29H34Cl2N2O7. The summed E-state index contributed by atoms with van der Waals surface area (Å²) in [4.78, 5) is 49.8. The summed E-state index contributed by atoms with van der Waals surface area (Å²) in [6.45, 7) is 5.05. The SMILES string of the molecule is COC(=O)[C@H](Cc1ccc(OCc2c(Cl)cccc2Cl)cc1)NC(=O)[C@H]1CC[C@@](C)(C(=O)NCC(=O)O)C1(C)C. The van der Waals surface area contributed by atoms with E-state index >= 15 is 0 Å². The van der Waals surface area contributed by atoms with Crippen molar-refractivity contribution in [2.45, 2.75) is 52.7 Å². The standard InChI is InChI=1S/C29H34Cl2N2O7/c1-28(2)20(12-13-29(28,3)27(38)32-15-24(34)35)25(36)33-23(26(37)39-4)14-17-8-10-18(11-9-17)40-16-19-21(30)6-5-7-22(19)31/h5-11,20,23H,12-16H2,1-4H3,(H,32,38)(H,33,36)(H,34,35)/t20-,23+,29+/m1/s1. The Morgan fingerprint density at radius 3 is 2.25 bits per heavy atom. The maximum absolute atomic E-state index is 13.4. The van der Waals surface area contributed by atoms with Crippen LogP contribution < -0.4 is 15.4 Å². The Morgan fingerprint density at radius 1 is 1.05 bits per heavy atom. The molecule has 9 nitrogen and oxygen atoms in total. The van der Waals surface area contributed by atoms with E-state index in [1.54, 1.807) is 49.4 Å². The summed E-state index contributed by atoms with van der Waals surface area (Å²) in [5.41, 5.74) is -0.324. The molecule has 1 aliphatic rings. The molecule has 216 valence electrons. The number of rotatable bonds is 11. The van der Waals surface area contributed by atoms with E-state index in [1.165, 1.54) is 7.11 Å². The van der Waals surface area contributed by atoms with Gasteiger partial charge in [-0.1, -0.05) is 62.2 Å². The van der Waals surface area contributed by atoms with E-state index in [1.807, 2.05) is 13.8 Å². The lowest BCUT2D eigenvalue weighted by Crippen LogP contribution is -2.52. The van der Waals surface area contributed by atoms with Crippen molar-refractivity contribution in [1.82, 2.24) is 10.6 Å². The lowest BCUT2D eigenvalue weighted by Gasteiger charge is -2.40. The second-order valence-corrected chi connectivity index (χ2v) is 11.5. The van der Waals surface area contributed by atoms with Crippen LogP contribution in [-0.4, -0.2) is 48.6 Å². The summed E-state index contributed by atoms with van der Waals surface area (Å²) >= 11 is 12.4. The summed E-state index contributed by atoms with van der Waals surface area (Å²) < 4.78 is 10.8. The van der Waals surface area contributed by atoms with Crippen molar-refractivity contribution in [2.24, 2.45) is 16.7 Å². The van der Waals surface area contributed by atoms with Gasteiger partial charge in [0.1, 0.15) is 24.9 Å². The molecule has 0 unspecified atom stereocenters. The normalized spacial score (nSPS) is 20.3. The number of benzene rings is 2. The smallest absolute Gasteiger partial charge is 0.328 e. The van der Waals surface area contributed by atoms with E-state index in [2.05, 4.69) is 10.6 Å². The molecule has 0 radical (unpaired) electrons. The van der Waals surface area contributed by atoms with Gasteiger partial charge < -0.3 is 25.2 Å². The van der Waals surface area contributed by atoms with E-state index < -0.39 is 47.2 Å². The number of carbonyl (C=O) groups excluding carboxylic acids is 3. The fraction of sp³-hybridized carbons (Fsp3) is 0.448. The van der Waals surface area contributed by atoms with Gasteiger partial charge in [-0.25, -0.2) is 4.79 Å². The molecule has 0 aliphatic heterocycles. The zero-order valence-electron chi connectivity index (χ0n) is 22.9. The number of carbonyl (C=O) groups is 4. The molecule has 0 bridgehead atoms. The number of hydrogen-bond donors (Lipinski definition) is 3. The molecule has 3 rings (SSSR count). The Kier molecular flexibility index (Phi) is 10.1. The highest BCUT2D eigenvalue weighted by Gasteiger charge is 2.58. The molecule has 0 aromatic heterocycles. The van der Waals surface area contributed by atoms with Crippen LogP contribution in [0.25, 0.3) is 0 Å². The summed E-state index contributed by atoms with van der Waals surface area (Å²) in [6.07, 6.45) is 0.983. The number of halogens is 2. The van der Waals surface area contributed by atoms with Gasteiger partial charge in [-0.15, -0.1) is 0 Å². The fourth-order valence-electron chi connectivity index (χ4n) is 5.11. The van der Waals surface area contributed by atoms with Gasteiger partial charge >= 0.3 is 11.9 Å². The number of esters is 1. The Balaban J connectivity index is 1.67. The van der Waals surface area contributed by atoms with Crippen molar-refractivity contribution in [1.29, 1.82) is 0 Å². The van der Waals surface area contributed by atoms with Gasteiger partial charge in [0.25, 0.3) is 0 Å². The molecule has 1 saturated carbocycles. The number of hydrogen-bond acceptors (Lipinski definition) is 6. The number of methoxy groups -OCH3 is 1. The quantitative estimate of drug-likeness (QED) is 0.329. The van der Waals surface area contributed by atoms with Gasteiger partial charge in [-0.3, -0.25) is 14.4 Å². The minimum Gasteiger partial charge on any atom is -0.489 e. The van der Waals surface area contributed by atoms with Crippen LogP contribution in [0, 0.1) is 16.7 Å². The van der Waals surface area contributed by atoms with E-state index in [0.29, 0.717) is 34.2 Å². The zero-order valence-corrected chi connectivity index (χ0v) is 24.4. The first kappa shape index (κ1) is 31.2. The Labute approximate surface area is 243 Å². The average molecular weight is 594 g/mol. The molecule has 40 heavy (non-hydrogen) atoms. The van der Waals surface area contributed by atoms with Crippen molar-refractivity contribution < 1.29 is 33.8 Å². The summed E-state index contributed by atoms with van der Waals surface area (Å²) in [5.74, 6) is -2.53. The zero-order chi connectivity index (χ0) is 29.7. The molecule has 3 atom stereocenters. The molecule has 2 aromatic rings. The summed E-state index contributed by atoms with van der Waals surface area (Å²) in [6, 6.07) is 11.3. The number of amides is 2. The van der Waals surface area contributed by atoms with Gasteiger partial charge in [0.2, 0.25) is 11.8 Å². The predicted molar refractivity (Wildman–Crippen MR) is 150 cm³/mol. The first-order chi connectivity index (χ1) is 18.8. The molecule has 0 saturated heterocycles. The number of carboxylic acid groups (broad SMARTS) is 1. The maximum Gasteiger partial charge on any atom is 0.328 e. The van der Waals surface area contributed by atoms with E-state index in [9.17, 15) is 19.2 Å². The monoisotopic (exact) mass is 592 g/mol. The summed E-state index contributed by atoms with van der Waals surface area (Å²) in [5, 5.41) is 15.2. The molecule has 3 N–H and O–H groups in total. The molecule has 2 amide bonds. The summed E-state index contributed by atoms with van der Waals surface area (Å²) in [7, 11) is 1.25. The number of carboxylic acids is 1. The molecule has 1 aliphatic carbocycles. The number of aliphatic carboxylic acids is 1. The number of ether oxygens (including phenoxy) is 2. The molecule has 11 heteroatoms. The van der Waals surface area contributed by atoms with Gasteiger partial charge in [-0.2, -0.15) is 0 Å². The third-order valence-electron chi connectivity index (χ3n) is 8.05. The van der Waals surface area contributed by atoms with Crippen molar-refractivity contribution in [3.05, 3.63) is 63.6 Å². The van der Waals surface area contributed by atoms with Crippen molar-refractivity contribution in [3.63, 3.8) is 0 Å². The van der Waals surface area contributed by atoms with Crippen LogP contribution in [0.4, 0.5) is 0 Å². The van der Waals surface area contributed by atoms with Crippen LogP contribution in [0.1, 0.15) is 44.7 Å². The van der Waals surface area contributed by atoms with Crippen molar-refractivity contribution in [2.75, 3.05) is 13.7 Å². The highest BCUT2D eigenvalue weighted by Crippen LogP contribution is 2.56. The van der Waals surface area contributed by atoms with Crippen LogP contribution in [-0.2, 0) is 36.9 Å². The maximum atomic E-state index is 13.4. The highest BCUT2D eigenvalue weighted by molar-refractivity contribution is 6.35. The van der Waals surface area contributed by atoms with Crippen LogP contribution in [0.5, 0.6) is 5.75 Å². The second-order valence-electron chi connectivity index (χ2n) is 10.6. The molecule has 2 aromatic carbocycles. The first-order valence-corrected chi connectivity index (χ1v) is 13.6. The Bertz CT molecular complexity index is 1250. The van der Waals surface area contributed by atoms with Crippen LogP contribution in [0.2, 0.25) is 10.0 Å². The van der Waals surface area contributed by atoms with Gasteiger partial charge in [0.05, 0.1) is 12.5 Å². The number of nitrogens with one attached hydrogen (secondary N) is 2. The molecule has 1 fully saturated rings. The lowest BCUT2D eigenvalue weighted by molar-refractivity contribution is -0.147. The molecule has 0 spiro atoms. The first-order valence-electron chi connectivity index (χ1n) is 12.8. The third-order valence-corrected chi connectivity index (χ3v) is 8.76. The average Bonchev–Trinajstić information content (AvgIpc) is 3.16. The fourth-order valence-corrected chi connectivity index (χ4v) is 5.61.